The molecule has 2 heterocycles. The van der Waals surface area contributed by atoms with Gasteiger partial charge in [0.2, 0.25) is 5.89 Å². The third-order valence-electron chi connectivity index (χ3n) is 2.12. The molecule has 2 N–H and O–H groups in total. The van der Waals surface area contributed by atoms with E-state index in [1.807, 2.05) is 14.0 Å². The monoisotopic (exact) mass is 253 g/mol. The highest BCUT2D eigenvalue weighted by Crippen LogP contribution is 2.09. The number of aromatic nitrogens is 3. The van der Waals surface area contributed by atoms with Gasteiger partial charge < -0.3 is 15.1 Å². The fraction of sp³-hybridized carbons (Fsp3) is 0.500. The van der Waals surface area contributed by atoms with E-state index >= 15 is 0 Å². The summed E-state index contributed by atoms with van der Waals surface area (Å²) in [5.74, 6) is 0.583. The van der Waals surface area contributed by atoms with Crippen LogP contribution >= 0.6 is 11.3 Å². The van der Waals surface area contributed by atoms with Crippen molar-refractivity contribution in [1.29, 1.82) is 0 Å². The van der Waals surface area contributed by atoms with Crippen molar-refractivity contribution in [2.75, 3.05) is 18.9 Å². The Morgan fingerprint density at radius 3 is 3.00 bits per heavy atom. The van der Waals surface area contributed by atoms with Crippen molar-refractivity contribution in [3.05, 3.63) is 22.0 Å². The normalized spacial score (nSPS) is 10.7. The number of nitrogens with zero attached hydrogens (tertiary/aromatic N) is 3. The summed E-state index contributed by atoms with van der Waals surface area (Å²) >= 11 is 1.66. The molecule has 6 nitrogen and oxygen atoms in total. The Morgan fingerprint density at radius 1 is 1.41 bits per heavy atom. The fourth-order valence-corrected chi connectivity index (χ4v) is 2.02. The Labute approximate surface area is 103 Å². The zero-order valence-electron chi connectivity index (χ0n) is 9.86. The topological polar surface area (TPSA) is 75.9 Å². The van der Waals surface area contributed by atoms with Crippen LogP contribution in [0.1, 0.15) is 16.6 Å². The van der Waals surface area contributed by atoms with Crippen LogP contribution in [0.2, 0.25) is 0 Å². The van der Waals surface area contributed by atoms with Gasteiger partial charge in [0.1, 0.15) is 0 Å². The molecule has 0 atom stereocenters. The predicted octanol–water partition coefficient (Wildman–Crippen LogP) is 1.21. The van der Waals surface area contributed by atoms with Gasteiger partial charge in [0.25, 0.3) is 0 Å². The average molecular weight is 253 g/mol. The van der Waals surface area contributed by atoms with Gasteiger partial charge in [-0.05, 0) is 14.0 Å². The van der Waals surface area contributed by atoms with Gasteiger partial charge >= 0.3 is 6.01 Å². The first-order chi connectivity index (χ1) is 8.28. The largest absolute Gasteiger partial charge is 0.407 e. The smallest absolute Gasteiger partial charge is 0.315 e. The van der Waals surface area contributed by atoms with E-state index in [2.05, 4.69) is 31.2 Å². The van der Waals surface area contributed by atoms with Gasteiger partial charge in [-0.1, -0.05) is 5.10 Å². The molecule has 7 heteroatoms. The molecular weight excluding hydrogens is 238 g/mol. The second-order valence-electron chi connectivity index (χ2n) is 3.57. The van der Waals surface area contributed by atoms with Crippen molar-refractivity contribution in [3.8, 4) is 0 Å². The third-order valence-corrected chi connectivity index (χ3v) is 2.94. The van der Waals surface area contributed by atoms with E-state index in [4.69, 9.17) is 4.42 Å². The summed E-state index contributed by atoms with van der Waals surface area (Å²) in [5, 5.41) is 17.0. The van der Waals surface area contributed by atoms with Gasteiger partial charge in [-0.3, -0.25) is 0 Å². The lowest BCUT2D eigenvalue weighted by Gasteiger charge is -1.98. The maximum atomic E-state index is 5.35. The standard InChI is InChI=1S/C10H15N5OS/c1-7-13-8(6-17-7)3-4-12-10-15-14-9(16-10)5-11-2/h6,11H,3-5H2,1-2H3,(H,12,15). The SMILES string of the molecule is CNCc1nnc(NCCc2csc(C)n2)o1. The predicted molar refractivity (Wildman–Crippen MR) is 66.1 cm³/mol. The number of aryl methyl sites for hydroxylation is 1. The lowest BCUT2D eigenvalue weighted by atomic mass is 10.3. The number of hydrogen-bond acceptors (Lipinski definition) is 7. The molecule has 0 spiro atoms. The summed E-state index contributed by atoms with van der Waals surface area (Å²) in [5.41, 5.74) is 1.09. The summed E-state index contributed by atoms with van der Waals surface area (Å²) in [6, 6.07) is 0.460. The van der Waals surface area contributed by atoms with Crippen LogP contribution in [-0.2, 0) is 13.0 Å². The van der Waals surface area contributed by atoms with Gasteiger partial charge in [0.05, 0.1) is 17.2 Å². The first-order valence-corrected chi connectivity index (χ1v) is 6.28. The molecule has 0 aliphatic carbocycles. The van der Waals surface area contributed by atoms with Gasteiger partial charge in [0, 0.05) is 18.3 Å². The van der Waals surface area contributed by atoms with Crippen molar-refractivity contribution in [3.63, 3.8) is 0 Å². The highest BCUT2D eigenvalue weighted by Gasteiger charge is 2.04. The summed E-state index contributed by atoms with van der Waals surface area (Å²) < 4.78 is 5.35. The van der Waals surface area contributed by atoms with Crippen molar-refractivity contribution in [1.82, 2.24) is 20.5 Å². The van der Waals surface area contributed by atoms with Crippen LogP contribution < -0.4 is 10.6 Å². The van der Waals surface area contributed by atoms with Gasteiger partial charge in [-0.2, -0.15) is 0 Å². The minimum absolute atomic E-state index is 0.460. The Morgan fingerprint density at radius 2 is 2.29 bits per heavy atom. The van der Waals surface area contributed by atoms with Crippen molar-refractivity contribution >= 4 is 17.4 Å². The van der Waals surface area contributed by atoms with Gasteiger partial charge in [-0.25, -0.2) is 4.98 Å². The maximum Gasteiger partial charge on any atom is 0.315 e. The summed E-state index contributed by atoms with van der Waals surface area (Å²) in [6.07, 6.45) is 0.855. The molecule has 0 saturated heterocycles. The lowest BCUT2D eigenvalue weighted by molar-refractivity contribution is 0.489. The van der Waals surface area contributed by atoms with Crippen LogP contribution in [0.3, 0.4) is 0 Å². The molecule has 0 radical (unpaired) electrons. The minimum atomic E-state index is 0.460. The molecule has 17 heavy (non-hydrogen) atoms. The molecule has 0 saturated carbocycles. The number of rotatable bonds is 6. The highest BCUT2D eigenvalue weighted by molar-refractivity contribution is 7.09. The molecule has 2 aromatic heterocycles. The zero-order chi connectivity index (χ0) is 12.1. The van der Waals surface area contributed by atoms with Crippen molar-refractivity contribution in [2.24, 2.45) is 0 Å². The number of thiazole rings is 1. The third kappa shape index (κ3) is 3.50. The molecule has 0 aliphatic rings. The van der Waals surface area contributed by atoms with Crippen LogP contribution in [0.25, 0.3) is 0 Å². The number of anilines is 1. The van der Waals surface area contributed by atoms with Crippen LogP contribution in [0.15, 0.2) is 9.80 Å². The average Bonchev–Trinajstić information content (AvgIpc) is 2.89. The summed E-state index contributed by atoms with van der Waals surface area (Å²) in [7, 11) is 1.84. The number of hydrogen-bond donors (Lipinski definition) is 2. The Kier molecular flexibility index (Phi) is 4.05. The first-order valence-electron chi connectivity index (χ1n) is 5.40. The molecule has 0 bridgehead atoms. The molecule has 2 rings (SSSR count). The van der Waals surface area contributed by atoms with E-state index in [0.29, 0.717) is 18.5 Å². The van der Waals surface area contributed by atoms with E-state index in [9.17, 15) is 0 Å². The molecule has 0 aliphatic heterocycles. The Hall–Kier alpha value is -1.47. The maximum absolute atomic E-state index is 5.35. The highest BCUT2D eigenvalue weighted by atomic mass is 32.1. The lowest BCUT2D eigenvalue weighted by Crippen LogP contribution is -2.05. The van der Waals surface area contributed by atoms with Crippen LogP contribution in [0.4, 0.5) is 6.01 Å². The fourth-order valence-electron chi connectivity index (χ4n) is 1.37. The molecular formula is C10H15N5OS. The molecule has 92 valence electrons. The van der Waals surface area contributed by atoms with Gasteiger partial charge in [-0.15, -0.1) is 16.4 Å². The van der Waals surface area contributed by atoms with Crippen LogP contribution in [-0.4, -0.2) is 28.8 Å². The van der Waals surface area contributed by atoms with E-state index in [1.54, 1.807) is 11.3 Å². The summed E-state index contributed by atoms with van der Waals surface area (Å²) in [6.45, 7) is 3.33. The minimum Gasteiger partial charge on any atom is -0.407 e. The van der Waals surface area contributed by atoms with Gasteiger partial charge in [0.15, 0.2) is 0 Å². The Balaban J connectivity index is 1.77. The first kappa shape index (κ1) is 12.0. The molecule has 2 aromatic rings. The second kappa shape index (κ2) is 5.74. The molecule has 0 aromatic carbocycles. The molecule has 0 unspecified atom stereocenters. The van der Waals surface area contributed by atoms with E-state index < -0.39 is 0 Å². The quantitative estimate of drug-likeness (QED) is 0.806. The van der Waals surface area contributed by atoms with E-state index in [0.717, 1.165) is 23.7 Å². The van der Waals surface area contributed by atoms with Crippen molar-refractivity contribution < 1.29 is 4.42 Å². The van der Waals surface area contributed by atoms with Crippen molar-refractivity contribution in [2.45, 2.75) is 19.9 Å². The van der Waals surface area contributed by atoms with Crippen LogP contribution in [0, 0.1) is 6.92 Å². The number of nitrogens with one attached hydrogen (secondary N) is 2. The molecule has 0 amide bonds. The van der Waals surface area contributed by atoms with E-state index in [1.165, 1.54) is 0 Å². The summed E-state index contributed by atoms with van der Waals surface area (Å²) in [4.78, 5) is 4.38. The Bertz CT molecular complexity index is 467. The molecule has 0 fully saturated rings. The second-order valence-corrected chi connectivity index (χ2v) is 4.63. The van der Waals surface area contributed by atoms with Crippen LogP contribution in [0.5, 0.6) is 0 Å². The zero-order valence-corrected chi connectivity index (χ0v) is 10.7. The van der Waals surface area contributed by atoms with E-state index in [-0.39, 0.29) is 0 Å².